The molecule has 3 atom stereocenters. The Morgan fingerprint density at radius 2 is 1.78 bits per heavy atom. The summed E-state index contributed by atoms with van der Waals surface area (Å²) in [4.78, 5) is 34.6. The number of aromatic nitrogens is 2. The number of hydrogen-bond acceptors (Lipinski definition) is 6. The number of aryl methyl sites for hydroxylation is 1. The van der Waals surface area contributed by atoms with Crippen LogP contribution in [-0.2, 0) is 20.9 Å². The SMILES string of the molecule is Cc1ccncc1-c1cc(NC(=O)OC(C)(C)C)c2cnc(NC(=O)C3C(C)C3COCc3ccccc3)cc2c1. The molecule has 2 aromatic heterocycles. The van der Waals surface area contributed by atoms with Crippen molar-refractivity contribution in [2.45, 2.75) is 46.8 Å². The maximum atomic E-state index is 13.2. The monoisotopic (exact) mass is 552 g/mol. The summed E-state index contributed by atoms with van der Waals surface area (Å²) in [5.74, 6) is 0.662. The van der Waals surface area contributed by atoms with Crippen molar-refractivity contribution in [3.05, 3.63) is 84.3 Å². The minimum Gasteiger partial charge on any atom is -0.444 e. The second kappa shape index (κ2) is 11.7. The zero-order valence-electron chi connectivity index (χ0n) is 24.1. The Labute approximate surface area is 240 Å². The number of pyridine rings is 2. The molecule has 41 heavy (non-hydrogen) atoms. The fraction of sp³-hybridized carbons (Fsp3) is 0.333. The number of carbonyl (C=O) groups is 2. The molecule has 2 heterocycles. The number of ether oxygens (including phenoxy) is 2. The Morgan fingerprint density at radius 1 is 1.00 bits per heavy atom. The summed E-state index contributed by atoms with van der Waals surface area (Å²) in [5.41, 5.74) is 3.90. The molecule has 2 amide bonds. The zero-order valence-corrected chi connectivity index (χ0v) is 24.1. The Morgan fingerprint density at radius 3 is 2.51 bits per heavy atom. The number of amides is 2. The van der Waals surface area contributed by atoms with Crippen molar-refractivity contribution in [1.82, 2.24) is 9.97 Å². The third kappa shape index (κ3) is 6.89. The standard InChI is InChI=1S/C33H36N4O4/c1-20-11-12-34-16-25(20)23-13-24-15-29(35-17-26(24)28(14-23)36-32(39)41-33(3,4)5)37-31(38)30-21(2)27(30)19-40-18-22-9-7-6-8-10-22/h6-17,21,27,30H,18-19H2,1-5H3,(H,36,39)(H,35,37,38). The van der Waals surface area contributed by atoms with Crippen molar-refractivity contribution < 1.29 is 19.1 Å². The van der Waals surface area contributed by atoms with Gasteiger partial charge in [-0.15, -0.1) is 0 Å². The first-order valence-electron chi connectivity index (χ1n) is 13.9. The molecule has 1 aliphatic carbocycles. The molecule has 2 aromatic carbocycles. The Balaban J connectivity index is 1.34. The highest BCUT2D eigenvalue weighted by Crippen LogP contribution is 2.47. The molecule has 4 aromatic rings. The van der Waals surface area contributed by atoms with Gasteiger partial charge in [-0.1, -0.05) is 37.3 Å². The van der Waals surface area contributed by atoms with E-state index in [0.29, 0.717) is 24.7 Å². The average molecular weight is 553 g/mol. The number of benzene rings is 2. The van der Waals surface area contributed by atoms with E-state index in [9.17, 15) is 9.59 Å². The maximum Gasteiger partial charge on any atom is 0.412 e. The highest BCUT2D eigenvalue weighted by molar-refractivity contribution is 6.04. The van der Waals surface area contributed by atoms with Crippen LogP contribution in [0.3, 0.4) is 0 Å². The van der Waals surface area contributed by atoms with Crippen LogP contribution < -0.4 is 10.6 Å². The van der Waals surface area contributed by atoms with E-state index in [2.05, 4.69) is 27.5 Å². The Hall–Kier alpha value is -4.30. The van der Waals surface area contributed by atoms with Crippen LogP contribution in [-0.4, -0.2) is 34.2 Å². The third-order valence-corrected chi connectivity index (χ3v) is 7.36. The summed E-state index contributed by atoms with van der Waals surface area (Å²) in [7, 11) is 0. The van der Waals surface area contributed by atoms with Gasteiger partial charge in [0.05, 0.1) is 18.9 Å². The van der Waals surface area contributed by atoms with Crippen LogP contribution in [0, 0.1) is 24.7 Å². The number of anilines is 2. The average Bonchev–Trinajstić information content (AvgIpc) is 3.57. The number of carbonyl (C=O) groups excluding carboxylic acids is 2. The van der Waals surface area contributed by atoms with Gasteiger partial charge in [0.1, 0.15) is 11.4 Å². The molecular formula is C33H36N4O4. The first-order valence-corrected chi connectivity index (χ1v) is 13.9. The van der Waals surface area contributed by atoms with Gasteiger partial charge in [-0.05, 0) is 85.9 Å². The second-order valence-corrected chi connectivity index (χ2v) is 11.7. The van der Waals surface area contributed by atoms with Crippen molar-refractivity contribution in [1.29, 1.82) is 0 Å². The number of hydrogen-bond donors (Lipinski definition) is 2. The largest absolute Gasteiger partial charge is 0.444 e. The molecule has 5 rings (SSSR count). The molecule has 8 nitrogen and oxygen atoms in total. The van der Waals surface area contributed by atoms with E-state index in [0.717, 1.165) is 33.0 Å². The normalized spacial score (nSPS) is 18.1. The molecule has 1 aliphatic rings. The van der Waals surface area contributed by atoms with Crippen LogP contribution in [0.1, 0.15) is 38.8 Å². The predicted octanol–water partition coefficient (Wildman–Crippen LogP) is 6.99. The fourth-order valence-electron chi connectivity index (χ4n) is 5.10. The fourth-order valence-corrected chi connectivity index (χ4v) is 5.10. The van der Waals surface area contributed by atoms with Crippen LogP contribution in [0.4, 0.5) is 16.3 Å². The van der Waals surface area contributed by atoms with Crippen molar-refractivity contribution in [3.63, 3.8) is 0 Å². The molecular weight excluding hydrogens is 516 g/mol. The lowest BCUT2D eigenvalue weighted by Crippen LogP contribution is -2.27. The van der Waals surface area contributed by atoms with Gasteiger partial charge in [0.15, 0.2) is 0 Å². The molecule has 2 N–H and O–H groups in total. The van der Waals surface area contributed by atoms with E-state index in [-0.39, 0.29) is 23.7 Å². The zero-order chi connectivity index (χ0) is 29.1. The minimum atomic E-state index is -0.641. The highest BCUT2D eigenvalue weighted by atomic mass is 16.6. The van der Waals surface area contributed by atoms with Crippen molar-refractivity contribution in [3.8, 4) is 11.1 Å². The molecule has 0 aliphatic heterocycles. The van der Waals surface area contributed by atoms with Crippen molar-refractivity contribution >= 4 is 34.3 Å². The molecule has 1 saturated carbocycles. The Kier molecular flexibility index (Phi) is 8.03. The quantitative estimate of drug-likeness (QED) is 0.244. The summed E-state index contributed by atoms with van der Waals surface area (Å²) < 4.78 is 11.4. The van der Waals surface area contributed by atoms with Gasteiger partial charge in [0.25, 0.3) is 0 Å². The van der Waals surface area contributed by atoms with Crippen LogP contribution in [0.2, 0.25) is 0 Å². The summed E-state index contributed by atoms with van der Waals surface area (Å²) in [6.45, 7) is 10.6. The number of rotatable bonds is 8. The van der Waals surface area contributed by atoms with Crippen molar-refractivity contribution in [2.75, 3.05) is 17.2 Å². The topological polar surface area (TPSA) is 102 Å². The first kappa shape index (κ1) is 28.2. The molecule has 0 spiro atoms. The van der Waals surface area contributed by atoms with E-state index in [4.69, 9.17) is 9.47 Å². The number of fused-ring (bicyclic) bond motifs is 1. The molecule has 3 unspecified atom stereocenters. The summed E-state index contributed by atoms with van der Waals surface area (Å²) in [6.07, 6.45) is 4.65. The van der Waals surface area contributed by atoms with Gasteiger partial charge in [0, 0.05) is 35.5 Å². The van der Waals surface area contributed by atoms with Crippen LogP contribution >= 0.6 is 0 Å². The molecule has 0 saturated heterocycles. The predicted molar refractivity (Wildman–Crippen MR) is 160 cm³/mol. The Bertz CT molecular complexity index is 1570. The van der Waals surface area contributed by atoms with Crippen LogP contribution in [0.15, 0.2) is 73.2 Å². The maximum absolute atomic E-state index is 13.2. The summed E-state index contributed by atoms with van der Waals surface area (Å²) in [5, 5.41) is 7.42. The summed E-state index contributed by atoms with van der Waals surface area (Å²) in [6, 6.07) is 17.7. The van der Waals surface area contributed by atoms with Gasteiger partial charge >= 0.3 is 6.09 Å². The van der Waals surface area contributed by atoms with Crippen LogP contribution in [0.25, 0.3) is 21.9 Å². The van der Waals surface area contributed by atoms with Gasteiger partial charge < -0.3 is 14.8 Å². The molecule has 0 radical (unpaired) electrons. The third-order valence-electron chi connectivity index (χ3n) is 7.36. The molecule has 0 bridgehead atoms. The molecule has 8 heteroatoms. The van der Waals surface area contributed by atoms with Gasteiger partial charge in [-0.25, -0.2) is 9.78 Å². The van der Waals surface area contributed by atoms with E-state index < -0.39 is 11.7 Å². The molecule has 212 valence electrons. The highest BCUT2D eigenvalue weighted by Gasteiger charge is 2.51. The second-order valence-electron chi connectivity index (χ2n) is 11.7. The van der Waals surface area contributed by atoms with Gasteiger partial charge in [-0.2, -0.15) is 0 Å². The lowest BCUT2D eigenvalue weighted by atomic mass is 9.99. The van der Waals surface area contributed by atoms with E-state index in [1.54, 1.807) is 18.6 Å². The van der Waals surface area contributed by atoms with E-state index >= 15 is 0 Å². The first-order chi connectivity index (χ1) is 19.6. The van der Waals surface area contributed by atoms with Gasteiger partial charge in [-0.3, -0.25) is 15.1 Å². The smallest absolute Gasteiger partial charge is 0.412 e. The minimum absolute atomic E-state index is 0.0657. The van der Waals surface area contributed by atoms with Crippen molar-refractivity contribution in [2.24, 2.45) is 17.8 Å². The summed E-state index contributed by atoms with van der Waals surface area (Å²) >= 11 is 0. The van der Waals surface area contributed by atoms with E-state index in [1.165, 1.54) is 0 Å². The molecule has 1 fully saturated rings. The number of nitrogens with zero attached hydrogens (tertiary/aromatic N) is 2. The lowest BCUT2D eigenvalue weighted by Gasteiger charge is -2.20. The van der Waals surface area contributed by atoms with Crippen LogP contribution in [0.5, 0.6) is 0 Å². The lowest BCUT2D eigenvalue weighted by molar-refractivity contribution is -0.118. The van der Waals surface area contributed by atoms with E-state index in [1.807, 2.05) is 82.3 Å². The van der Waals surface area contributed by atoms with Gasteiger partial charge in [0.2, 0.25) is 5.91 Å². The number of nitrogens with one attached hydrogen (secondary N) is 2.